The van der Waals surface area contributed by atoms with Gasteiger partial charge in [0.1, 0.15) is 0 Å². The maximum Gasteiger partial charge on any atom is 0.280 e. The number of carbonyl (C=O) groups is 1. The maximum atomic E-state index is 13.4. The van der Waals surface area contributed by atoms with E-state index in [2.05, 4.69) is 35.1 Å². The first-order valence-corrected chi connectivity index (χ1v) is 11.5. The zero-order valence-corrected chi connectivity index (χ0v) is 18.5. The molecule has 2 aromatic heterocycles. The summed E-state index contributed by atoms with van der Waals surface area (Å²) in [5.41, 5.74) is 2.69. The fourth-order valence-corrected chi connectivity index (χ4v) is 4.78. The standard InChI is InChI=1S/C22H29N5O2S/c1-3-17-7-5-8-19-20(17)23-22(30-19)27(11-6-10-25-13-15-29-16-14-25)21(28)18-9-12-26(4-2)24-18/h5,7-9,12H,3-4,6,10-11,13-16H2,1-2H3. The minimum atomic E-state index is -0.0821. The van der Waals surface area contributed by atoms with E-state index in [1.165, 1.54) is 5.56 Å². The topological polar surface area (TPSA) is 63.5 Å². The SMILES string of the molecule is CCc1cccc2sc(N(CCCN3CCOCC3)C(=O)c3ccn(CC)n3)nc12. The van der Waals surface area contributed by atoms with E-state index in [1.807, 2.05) is 18.0 Å². The third kappa shape index (κ3) is 4.55. The van der Waals surface area contributed by atoms with Gasteiger partial charge >= 0.3 is 0 Å². The molecule has 1 aromatic carbocycles. The number of benzene rings is 1. The second-order valence-electron chi connectivity index (χ2n) is 7.43. The van der Waals surface area contributed by atoms with Crippen LogP contribution < -0.4 is 4.90 Å². The van der Waals surface area contributed by atoms with E-state index in [9.17, 15) is 4.79 Å². The summed E-state index contributed by atoms with van der Waals surface area (Å²) in [6.45, 7) is 9.94. The molecule has 4 rings (SSSR count). The van der Waals surface area contributed by atoms with Crippen LogP contribution in [0.25, 0.3) is 10.2 Å². The number of anilines is 1. The molecule has 8 heteroatoms. The molecular formula is C22H29N5O2S. The van der Waals surface area contributed by atoms with Crippen molar-refractivity contribution in [1.82, 2.24) is 19.7 Å². The first kappa shape index (κ1) is 21.0. The summed E-state index contributed by atoms with van der Waals surface area (Å²) in [5.74, 6) is -0.0821. The fourth-order valence-electron chi connectivity index (χ4n) is 3.75. The van der Waals surface area contributed by atoms with Crippen molar-refractivity contribution in [3.8, 4) is 0 Å². The number of amides is 1. The molecule has 0 bridgehead atoms. The van der Waals surface area contributed by atoms with Crippen LogP contribution in [-0.4, -0.2) is 65.0 Å². The molecule has 0 unspecified atom stereocenters. The summed E-state index contributed by atoms with van der Waals surface area (Å²) < 4.78 is 8.34. The average Bonchev–Trinajstić information content (AvgIpc) is 3.44. The Bertz CT molecular complexity index is 992. The number of morpholine rings is 1. The Morgan fingerprint density at radius 1 is 1.23 bits per heavy atom. The molecule has 1 fully saturated rings. The van der Waals surface area contributed by atoms with Crippen LogP contribution in [0.15, 0.2) is 30.5 Å². The van der Waals surface area contributed by atoms with Crippen LogP contribution in [-0.2, 0) is 17.7 Å². The molecule has 1 saturated heterocycles. The Balaban J connectivity index is 1.58. The van der Waals surface area contributed by atoms with Crippen LogP contribution in [0, 0.1) is 0 Å². The zero-order valence-electron chi connectivity index (χ0n) is 17.7. The molecule has 7 nitrogen and oxygen atoms in total. The van der Waals surface area contributed by atoms with Crippen molar-refractivity contribution in [1.29, 1.82) is 0 Å². The van der Waals surface area contributed by atoms with Gasteiger partial charge in [0.15, 0.2) is 10.8 Å². The van der Waals surface area contributed by atoms with Crippen LogP contribution in [0.1, 0.15) is 36.3 Å². The second-order valence-corrected chi connectivity index (χ2v) is 8.44. The summed E-state index contributed by atoms with van der Waals surface area (Å²) in [5, 5.41) is 5.19. The third-order valence-corrected chi connectivity index (χ3v) is 6.54. The Hall–Kier alpha value is -2.29. The molecular weight excluding hydrogens is 398 g/mol. The predicted octanol–water partition coefficient (Wildman–Crippen LogP) is 3.44. The Labute approximate surface area is 181 Å². The van der Waals surface area contributed by atoms with Gasteiger partial charge < -0.3 is 4.74 Å². The highest BCUT2D eigenvalue weighted by molar-refractivity contribution is 7.22. The smallest absolute Gasteiger partial charge is 0.280 e. The monoisotopic (exact) mass is 427 g/mol. The number of nitrogens with zero attached hydrogens (tertiary/aromatic N) is 5. The van der Waals surface area contributed by atoms with Crippen molar-refractivity contribution in [2.75, 3.05) is 44.3 Å². The fraction of sp³-hybridized carbons (Fsp3) is 0.500. The van der Waals surface area contributed by atoms with Gasteiger partial charge in [-0.25, -0.2) is 4.98 Å². The van der Waals surface area contributed by atoms with Gasteiger partial charge in [-0.1, -0.05) is 30.4 Å². The number of rotatable bonds is 8. The summed E-state index contributed by atoms with van der Waals surface area (Å²) in [6, 6.07) is 8.05. The van der Waals surface area contributed by atoms with E-state index < -0.39 is 0 Å². The molecule has 1 aliphatic rings. The van der Waals surface area contributed by atoms with Gasteiger partial charge in [-0.3, -0.25) is 19.3 Å². The number of aromatic nitrogens is 3. The number of para-hydroxylation sites is 1. The van der Waals surface area contributed by atoms with Gasteiger partial charge in [0, 0.05) is 38.9 Å². The molecule has 3 aromatic rings. The molecule has 0 atom stereocenters. The largest absolute Gasteiger partial charge is 0.379 e. The molecule has 1 aliphatic heterocycles. The van der Waals surface area contributed by atoms with Gasteiger partial charge in [0.2, 0.25) is 0 Å². The highest BCUT2D eigenvalue weighted by atomic mass is 32.1. The molecule has 0 N–H and O–H groups in total. The predicted molar refractivity (Wildman–Crippen MR) is 120 cm³/mol. The molecule has 30 heavy (non-hydrogen) atoms. The highest BCUT2D eigenvalue weighted by Gasteiger charge is 2.24. The summed E-state index contributed by atoms with van der Waals surface area (Å²) in [6.07, 6.45) is 3.66. The van der Waals surface area contributed by atoms with E-state index in [0.717, 1.165) is 67.6 Å². The summed E-state index contributed by atoms with van der Waals surface area (Å²) in [7, 11) is 0. The number of carbonyl (C=O) groups excluding carboxylic acids is 1. The van der Waals surface area contributed by atoms with Gasteiger partial charge in [0.05, 0.1) is 23.4 Å². The van der Waals surface area contributed by atoms with Crippen molar-refractivity contribution < 1.29 is 9.53 Å². The number of hydrogen-bond donors (Lipinski definition) is 0. The number of aryl methyl sites for hydroxylation is 2. The number of ether oxygens (including phenoxy) is 1. The van der Waals surface area contributed by atoms with Crippen LogP contribution >= 0.6 is 11.3 Å². The molecule has 0 aliphatic carbocycles. The van der Waals surface area contributed by atoms with Crippen molar-refractivity contribution in [2.24, 2.45) is 0 Å². The molecule has 1 amide bonds. The van der Waals surface area contributed by atoms with Gasteiger partial charge in [-0.15, -0.1) is 0 Å². The normalized spacial score (nSPS) is 15.0. The van der Waals surface area contributed by atoms with Gasteiger partial charge in [-0.05, 0) is 37.5 Å². The number of hydrogen-bond acceptors (Lipinski definition) is 6. The van der Waals surface area contributed by atoms with Crippen molar-refractivity contribution in [3.05, 3.63) is 41.7 Å². The summed E-state index contributed by atoms with van der Waals surface area (Å²) >= 11 is 1.58. The lowest BCUT2D eigenvalue weighted by molar-refractivity contribution is 0.0376. The van der Waals surface area contributed by atoms with E-state index in [4.69, 9.17) is 9.72 Å². The molecule has 0 saturated carbocycles. The quantitative estimate of drug-likeness (QED) is 0.551. The Morgan fingerprint density at radius 2 is 2.07 bits per heavy atom. The maximum absolute atomic E-state index is 13.4. The van der Waals surface area contributed by atoms with Crippen LogP contribution in [0.3, 0.4) is 0 Å². The van der Waals surface area contributed by atoms with Crippen LogP contribution in [0.2, 0.25) is 0 Å². The molecule has 3 heterocycles. The van der Waals surface area contributed by atoms with Crippen LogP contribution in [0.4, 0.5) is 5.13 Å². The lowest BCUT2D eigenvalue weighted by atomic mass is 10.1. The van der Waals surface area contributed by atoms with Crippen molar-refractivity contribution in [2.45, 2.75) is 33.2 Å². The molecule has 160 valence electrons. The van der Waals surface area contributed by atoms with Gasteiger partial charge in [-0.2, -0.15) is 5.10 Å². The average molecular weight is 428 g/mol. The Kier molecular flexibility index (Phi) is 6.76. The third-order valence-electron chi connectivity index (χ3n) is 5.49. The minimum Gasteiger partial charge on any atom is -0.379 e. The first-order valence-electron chi connectivity index (χ1n) is 10.7. The van der Waals surface area contributed by atoms with E-state index in [-0.39, 0.29) is 5.91 Å². The van der Waals surface area contributed by atoms with Gasteiger partial charge in [0.25, 0.3) is 5.91 Å². The lowest BCUT2D eigenvalue weighted by Gasteiger charge is -2.27. The van der Waals surface area contributed by atoms with E-state index >= 15 is 0 Å². The minimum absolute atomic E-state index is 0.0821. The Morgan fingerprint density at radius 3 is 2.80 bits per heavy atom. The van der Waals surface area contributed by atoms with Crippen LogP contribution in [0.5, 0.6) is 0 Å². The van der Waals surface area contributed by atoms with E-state index in [1.54, 1.807) is 22.1 Å². The first-order chi connectivity index (χ1) is 14.7. The second kappa shape index (κ2) is 9.68. The van der Waals surface area contributed by atoms with Crippen molar-refractivity contribution in [3.63, 3.8) is 0 Å². The number of thiazole rings is 1. The zero-order chi connectivity index (χ0) is 20.9. The van der Waals surface area contributed by atoms with Crippen molar-refractivity contribution >= 4 is 32.6 Å². The molecule has 0 radical (unpaired) electrons. The molecule has 0 spiro atoms. The summed E-state index contributed by atoms with van der Waals surface area (Å²) in [4.78, 5) is 22.5. The van der Waals surface area contributed by atoms with E-state index in [0.29, 0.717) is 12.2 Å². The highest BCUT2D eigenvalue weighted by Crippen LogP contribution is 2.32. The lowest BCUT2D eigenvalue weighted by Crippen LogP contribution is -2.39. The number of fused-ring (bicyclic) bond motifs is 1.